The number of urea groups is 1. The molecule has 0 aromatic carbocycles. The lowest BCUT2D eigenvalue weighted by molar-refractivity contribution is 0.0967. The zero-order chi connectivity index (χ0) is 11.5. The number of fused-ring (bicyclic) bond motifs is 2. The Morgan fingerprint density at radius 1 is 1.56 bits per heavy atom. The van der Waals surface area contributed by atoms with Gasteiger partial charge in [-0.3, -0.25) is 0 Å². The lowest BCUT2D eigenvalue weighted by Crippen LogP contribution is -2.48. The normalized spacial score (nSPS) is 31.8. The molecule has 2 N–H and O–H groups in total. The van der Waals surface area contributed by atoms with Crippen LogP contribution in [0.5, 0.6) is 0 Å². The van der Waals surface area contributed by atoms with Crippen molar-refractivity contribution in [3.05, 3.63) is 0 Å². The van der Waals surface area contributed by atoms with Gasteiger partial charge in [-0.05, 0) is 26.2 Å². The van der Waals surface area contributed by atoms with Crippen LogP contribution in [0.2, 0.25) is 0 Å². The van der Waals surface area contributed by atoms with Crippen molar-refractivity contribution in [3.8, 4) is 0 Å². The Bertz CT molecular complexity index is 260. The molecule has 0 saturated carbocycles. The highest BCUT2D eigenvalue weighted by Crippen LogP contribution is 2.34. The van der Waals surface area contributed by atoms with Crippen molar-refractivity contribution in [2.24, 2.45) is 0 Å². The van der Waals surface area contributed by atoms with Crippen molar-refractivity contribution in [2.75, 3.05) is 19.7 Å². The molecule has 2 saturated heterocycles. The van der Waals surface area contributed by atoms with Crippen molar-refractivity contribution in [3.63, 3.8) is 0 Å². The number of carbonyl (C=O) groups excluding carboxylic acids is 1. The summed E-state index contributed by atoms with van der Waals surface area (Å²) in [6.45, 7) is 2.93. The van der Waals surface area contributed by atoms with Crippen molar-refractivity contribution in [1.82, 2.24) is 10.2 Å². The SMILES string of the molecule is CCN(CCO)C(=O)NC1CC2CCC1O2. The van der Waals surface area contributed by atoms with E-state index in [1.807, 2.05) is 6.92 Å². The molecular formula is C11H20N2O3. The summed E-state index contributed by atoms with van der Waals surface area (Å²) in [4.78, 5) is 13.5. The summed E-state index contributed by atoms with van der Waals surface area (Å²) >= 11 is 0. The van der Waals surface area contributed by atoms with Gasteiger partial charge in [0.1, 0.15) is 0 Å². The molecule has 2 fully saturated rings. The predicted octanol–water partition coefficient (Wildman–Crippen LogP) is 0.330. The second kappa shape index (κ2) is 5.01. The van der Waals surface area contributed by atoms with E-state index in [9.17, 15) is 4.79 Å². The molecule has 2 aliphatic rings. The molecule has 5 heteroatoms. The van der Waals surface area contributed by atoms with Crippen LogP contribution >= 0.6 is 0 Å². The number of hydrogen-bond donors (Lipinski definition) is 2. The summed E-state index contributed by atoms with van der Waals surface area (Å²) in [5.41, 5.74) is 0. The van der Waals surface area contributed by atoms with Crippen molar-refractivity contribution >= 4 is 6.03 Å². The fourth-order valence-electron chi connectivity index (χ4n) is 2.56. The number of nitrogens with one attached hydrogen (secondary N) is 1. The lowest BCUT2D eigenvalue weighted by atomic mass is 9.96. The smallest absolute Gasteiger partial charge is 0.317 e. The number of likely N-dealkylation sites (N-methyl/N-ethyl adjacent to an activating group) is 1. The van der Waals surface area contributed by atoms with Crippen molar-refractivity contribution in [2.45, 2.75) is 44.4 Å². The number of aliphatic hydroxyl groups is 1. The van der Waals surface area contributed by atoms with Crippen LogP contribution in [-0.4, -0.2) is 54.0 Å². The molecule has 0 radical (unpaired) electrons. The average Bonchev–Trinajstić information content (AvgIpc) is 2.87. The van der Waals surface area contributed by atoms with E-state index in [2.05, 4.69) is 5.32 Å². The van der Waals surface area contributed by atoms with Gasteiger partial charge in [0.25, 0.3) is 0 Å². The summed E-state index contributed by atoms with van der Waals surface area (Å²) in [6, 6.07) is 0.0803. The fraction of sp³-hybridized carbons (Fsp3) is 0.909. The topological polar surface area (TPSA) is 61.8 Å². The first-order valence-corrected chi connectivity index (χ1v) is 6.06. The Labute approximate surface area is 95.8 Å². The first kappa shape index (κ1) is 11.7. The molecule has 0 aromatic rings. The van der Waals surface area contributed by atoms with Gasteiger partial charge in [-0.2, -0.15) is 0 Å². The third-order valence-electron chi connectivity index (χ3n) is 3.45. The van der Waals surface area contributed by atoms with Crippen molar-refractivity contribution in [1.29, 1.82) is 0 Å². The van der Waals surface area contributed by atoms with Crippen LogP contribution in [-0.2, 0) is 4.74 Å². The van der Waals surface area contributed by atoms with Gasteiger partial charge < -0.3 is 20.1 Å². The maximum absolute atomic E-state index is 11.8. The standard InChI is InChI=1S/C11H20N2O3/c1-2-13(5-6-14)11(15)12-9-7-8-3-4-10(9)16-8/h8-10,14H,2-7H2,1H3,(H,12,15). The van der Waals surface area contributed by atoms with Crippen LogP contribution in [0.15, 0.2) is 0 Å². The summed E-state index contributed by atoms with van der Waals surface area (Å²) in [5, 5.41) is 11.8. The lowest BCUT2D eigenvalue weighted by Gasteiger charge is -2.25. The fourth-order valence-corrected chi connectivity index (χ4v) is 2.56. The second-order valence-electron chi connectivity index (χ2n) is 4.47. The number of ether oxygens (including phenoxy) is 1. The monoisotopic (exact) mass is 228 g/mol. The Kier molecular flexibility index (Phi) is 3.66. The summed E-state index contributed by atoms with van der Waals surface area (Å²) in [7, 11) is 0. The molecule has 2 aliphatic heterocycles. The second-order valence-corrected chi connectivity index (χ2v) is 4.47. The van der Waals surface area contributed by atoms with Gasteiger partial charge in [0.2, 0.25) is 0 Å². The molecule has 0 aliphatic carbocycles. The minimum atomic E-state index is -0.0855. The average molecular weight is 228 g/mol. The van der Waals surface area contributed by atoms with Gasteiger partial charge >= 0.3 is 6.03 Å². The molecule has 2 rings (SSSR count). The maximum atomic E-state index is 11.8. The molecular weight excluding hydrogens is 208 g/mol. The Balaban J connectivity index is 1.82. The van der Waals surface area contributed by atoms with E-state index in [1.165, 1.54) is 0 Å². The van der Waals surface area contributed by atoms with E-state index in [-0.39, 0.29) is 24.8 Å². The highest BCUT2D eigenvalue weighted by Gasteiger charge is 2.41. The van der Waals surface area contributed by atoms with Gasteiger partial charge in [0, 0.05) is 13.1 Å². The number of aliphatic hydroxyl groups excluding tert-OH is 1. The first-order valence-electron chi connectivity index (χ1n) is 6.06. The first-order chi connectivity index (χ1) is 7.74. The highest BCUT2D eigenvalue weighted by molar-refractivity contribution is 5.74. The van der Waals surface area contributed by atoms with E-state index in [0.717, 1.165) is 19.3 Å². The Morgan fingerprint density at radius 2 is 2.38 bits per heavy atom. The molecule has 0 spiro atoms. The Morgan fingerprint density at radius 3 is 2.88 bits per heavy atom. The molecule has 3 atom stereocenters. The van der Waals surface area contributed by atoms with Gasteiger partial charge in [-0.1, -0.05) is 0 Å². The summed E-state index contributed by atoms with van der Waals surface area (Å²) in [5.74, 6) is 0. The quantitative estimate of drug-likeness (QED) is 0.729. The minimum Gasteiger partial charge on any atom is -0.395 e. The van der Waals surface area contributed by atoms with Crippen LogP contribution in [0.25, 0.3) is 0 Å². The Hall–Kier alpha value is -0.810. The van der Waals surface area contributed by atoms with Crippen LogP contribution in [0.3, 0.4) is 0 Å². The number of nitrogens with zero attached hydrogens (tertiary/aromatic N) is 1. The van der Waals surface area contributed by atoms with Crippen molar-refractivity contribution < 1.29 is 14.6 Å². The molecule has 3 unspecified atom stereocenters. The number of amides is 2. The van der Waals surface area contributed by atoms with Gasteiger partial charge in [-0.15, -0.1) is 0 Å². The van der Waals surface area contributed by atoms with E-state index >= 15 is 0 Å². The van der Waals surface area contributed by atoms with Crippen LogP contribution in [0.1, 0.15) is 26.2 Å². The third-order valence-corrected chi connectivity index (χ3v) is 3.45. The maximum Gasteiger partial charge on any atom is 0.317 e. The summed E-state index contributed by atoms with van der Waals surface area (Å²) in [6.07, 6.45) is 3.69. The summed E-state index contributed by atoms with van der Waals surface area (Å²) < 4.78 is 5.68. The number of hydrogen-bond acceptors (Lipinski definition) is 3. The largest absolute Gasteiger partial charge is 0.395 e. The van der Waals surface area contributed by atoms with E-state index < -0.39 is 0 Å². The van der Waals surface area contributed by atoms with Crippen LogP contribution in [0, 0.1) is 0 Å². The van der Waals surface area contributed by atoms with E-state index in [0.29, 0.717) is 19.2 Å². The predicted molar refractivity (Wildman–Crippen MR) is 59.2 cm³/mol. The molecule has 2 bridgehead atoms. The third kappa shape index (κ3) is 2.30. The number of carbonyl (C=O) groups is 1. The molecule has 2 heterocycles. The number of rotatable bonds is 4. The molecule has 16 heavy (non-hydrogen) atoms. The zero-order valence-corrected chi connectivity index (χ0v) is 9.69. The van der Waals surface area contributed by atoms with Gasteiger partial charge in [-0.25, -0.2) is 4.79 Å². The molecule has 0 aromatic heterocycles. The minimum absolute atomic E-state index is 0.00841. The van der Waals surface area contributed by atoms with E-state index in [4.69, 9.17) is 9.84 Å². The van der Waals surface area contributed by atoms with E-state index in [1.54, 1.807) is 4.90 Å². The molecule has 5 nitrogen and oxygen atoms in total. The highest BCUT2D eigenvalue weighted by atomic mass is 16.5. The van der Waals surface area contributed by atoms with Gasteiger partial charge in [0.15, 0.2) is 0 Å². The van der Waals surface area contributed by atoms with Gasteiger partial charge in [0.05, 0.1) is 24.9 Å². The molecule has 92 valence electrons. The molecule has 2 amide bonds. The van der Waals surface area contributed by atoms with Crippen LogP contribution in [0.4, 0.5) is 4.79 Å². The zero-order valence-electron chi connectivity index (χ0n) is 9.69. The van der Waals surface area contributed by atoms with Crippen LogP contribution < -0.4 is 5.32 Å².